The zero-order valence-electron chi connectivity index (χ0n) is 15.4. The summed E-state index contributed by atoms with van der Waals surface area (Å²) < 4.78 is 16.0. The lowest BCUT2D eigenvalue weighted by molar-refractivity contribution is -0.121. The number of carbonyl (C=O) groups is 1. The lowest BCUT2D eigenvalue weighted by Gasteiger charge is -2.24. The first kappa shape index (κ1) is 18.7. The van der Waals surface area contributed by atoms with Crippen molar-refractivity contribution in [2.45, 2.75) is 38.3 Å². The minimum atomic E-state index is -0.456. The number of aromatic nitrogens is 2. The molecule has 1 amide bonds. The molecule has 2 aromatic carbocycles. The van der Waals surface area contributed by atoms with E-state index in [-0.39, 0.29) is 29.0 Å². The van der Waals surface area contributed by atoms with Gasteiger partial charge in [0, 0.05) is 21.8 Å². The van der Waals surface area contributed by atoms with Crippen molar-refractivity contribution >= 4 is 17.5 Å². The van der Waals surface area contributed by atoms with Gasteiger partial charge in [-0.1, -0.05) is 48.0 Å². The van der Waals surface area contributed by atoms with Crippen LogP contribution in [0, 0.1) is 5.82 Å². The molecule has 1 aromatic heterocycles. The smallest absolute Gasteiger partial charge is 0.225 e. The fourth-order valence-electron chi connectivity index (χ4n) is 3.77. The molecular formula is C22H21ClFN3O. The predicted octanol–water partition coefficient (Wildman–Crippen LogP) is 4.46. The second-order valence-corrected chi connectivity index (χ2v) is 7.49. The molecule has 0 saturated carbocycles. The molecule has 0 saturated heterocycles. The van der Waals surface area contributed by atoms with E-state index in [1.54, 1.807) is 6.07 Å². The Kier molecular flexibility index (Phi) is 5.44. The first-order valence-corrected chi connectivity index (χ1v) is 9.80. The highest BCUT2D eigenvalue weighted by Gasteiger charge is 2.26. The third-order valence-corrected chi connectivity index (χ3v) is 5.53. The standard InChI is InChI=1S/C22H21ClFN3O/c23-18-8-4-9-19(24)16(18)12-22(28)26-20-10-5-11-21-17(20)13-25-27(21)14-15-6-2-1-3-7-15/h1-4,6-9,13,20H,5,10-12,14H2,(H,26,28)/t20-/m0/s1. The van der Waals surface area contributed by atoms with Crippen LogP contribution in [0.3, 0.4) is 0 Å². The summed E-state index contributed by atoms with van der Waals surface area (Å²) in [6, 6.07) is 14.5. The highest BCUT2D eigenvalue weighted by Crippen LogP contribution is 2.30. The van der Waals surface area contributed by atoms with Crippen molar-refractivity contribution in [1.82, 2.24) is 15.1 Å². The molecule has 0 unspecified atom stereocenters. The minimum Gasteiger partial charge on any atom is -0.349 e. The maximum atomic E-state index is 14.0. The van der Waals surface area contributed by atoms with Crippen molar-refractivity contribution in [3.05, 3.63) is 88.0 Å². The highest BCUT2D eigenvalue weighted by atomic mass is 35.5. The Bertz CT molecular complexity index is 966. The van der Waals surface area contributed by atoms with E-state index in [1.165, 1.54) is 17.7 Å². The van der Waals surface area contributed by atoms with Gasteiger partial charge in [0.15, 0.2) is 0 Å². The van der Waals surface area contributed by atoms with Gasteiger partial charge in [-0.3, -0.25) is 9.48 Å². The summed E-state index contributed by atoms with van der Waals surface area (Å²) in [5, 5.41) is 7.86. The Morgan fingerprint density at radius 3 is 2.82 bits per heavy atom. The average molecular weight is 398 g/mol. The second-order valence-electron chi connectivity index (χ2n) is 7.08. The van der Waals surface area contributed by atoms with Crippen LogP contribution in [0.4, 0.5) is 4.39 Å². The van der Waals surface area contributed by atoms with Crippen LogP contribution in [0.5, 0.6) is 0 Å². The molecule has 1 atom stereocenters. The van der Waals surface area contributed by atoms with E-state index in [4.69, 9.17) is 11.6 Å². The number of nitrogens with one attached hydrogen (secondary N) is 1. The van der Waals surface area contributed by atoms with Crippen molar-refractivity contribution in [3.63, 3.8) is 0 Å². The van der Waals surface area contributed by atoms with Crippen LogP contribution in [-0.4, -0.2) is 15.7 Å². The van der Waals surface area contributed by atoms with Crippen molar-refractivity contribution < 1.29 is 9.18 Å². The van der Waals surface area contributed by atoms with Crippen LogP contribution in [0.15, 0.2) is 54.7 Å². The maximum Gasteiger partial charge on any atom is 0.225 e. The summed E-state index contributed by atoms with van der Waals surface area (Å²) >= 11 is 6.04. The van der Waals surface area contributed by atoms with Gasteiger partial charge in [-0.15, -0.1) is 0 Å². The summed E-state index contributed by atoms with van der Waals surface area (Å²) in [5.41, 5.74) is 3.63. The molecule has 0 fully saturated rings. The van der Waals surface area contributed by atoms with E-state index < -0.39 is 5.82 Å². The molecule has 144 valence electrons. The quantitative estimate of drug-likeness (QED) is 0.690. The second kappa shape index (κ2) is 8.15. The van der Waals surface area contributed by atoms with Crippen molar-refractivity contribution in [2.24, 2.45) is 0 Å². The van der Waals surface area contributed by atoms with E-state index in [9.17, 15) is 9.18 Å². The number of hydrogen-bond acceptors (Lipinski definition) is 2. The Balaban J connectivity index is 1.48. The van der Waals surface area contributed by atoms with Gasteiger partial charge in [-0.05, 0) is 37.0 Å². The zero-order valence-corrected chi connectivity index (χ0v) is 16.1. The largest absolute Gasteiger partial charge is 0.349 e. The first-order chi connectivity index (χ1) is 13.6. The number of rotatable bonds is 5. The molecule has 0 aliphatic heterocycles. The number of amides is 1. The van der Waals surface area contributed by atoms with Gasteiger partial charge in [0.25, 0.3) is 0 Å². The summed E-state index contributed by atoms with van der Waals surface area (Å²) in [5.74, 6) is -0.691. The molecule has 3 aromatic rings. The van der Waals surface area contributed by atoms with E-state index >= 15 is 0 Å². The third-order valence-electron chi connectivity index (χ3n) is 5.17. The van der Waals surface area contributed by atoms with Crippen LogP contribution >= 0.6 is 11.6 Å². The van der Waals surface area contributed by atoms with Crippen LogP contribution in [0.2, 0.25) is 5.02 Å². The number of nitrogens with zero attached hydrogens (tertiary/aromatic N) is 2. The third kappa shape index (κ3) is 3.94. The Hall–Kier alpha value is -2.66. The first-order valence-electron chi connectivity index (χ1n) is 9.42. The van der Waals surface area contributed by atoms with Crippen LogP contribution < -0.4 is 5.32 Å². The average Bonchev–Trinajstić information content (AvgIpc) is 3.10. The normalized spacial score (nSPS) is 15.9. The molecule has 1 aliphatic rings. The van der Waals surface area contributed by atoms with Gasteiger partial charge in [-0.2, -0.15) is 5.10 Å². The van der Waals surface area contributed by atoms with E-state index in [0.717, 1.165) is 30.5 Å². The lowest BCUT2D eigenvalue weighted by Crippen LogP contribution is -2.32. The van der Waals surface area contributed by atoms with Crippen LogP contribution in [-0.2, 0) is 24.2 Å². The highest BCUT2D eigenvalue weighted by molar-refractivity contribution is 6.31. The summed E-state index contributed by atoms with van der Waals surface area (Å²) in [4.78, 5) is 12.5. The minimum absolute atomic E-state index is 0.0739. The lowest BCUT2D eigenvalue weighted by atomic mass is 9.92. The summed E-state index contributed by atoms with van der Waals surface area (Å²) in [6.07, 6.45) is 4.53. The molecule has 4 rings (SSSR count). The van der Waals surface area contributed by atoms with Crippen LogP contribution in [0.25, 0.3) is 0 Å². The number of carbonyl (C=O) groups excluding carboxylic acids is 1. The number of benzene rings is 2. The molecular weight excluding hydrogens is 377 g/mol. The topological polar surface area (TPSA) is 46.9 Å². The van der Waals surface area contributed by atoms with E-state index in [2.05, 4.69) is 22.5 Å². The van der Waals surface area contributed by atoms with E-state index in [0.29, 0.717) is 6.54 Å². The molecule has 0 spiro atoms. The fourth-order valence-corrected chi connectivity index (χ4v) is 4.00. The van der Waals surface area contributed by atoms with Gasteiger partial charge in [0.05, 0.1) is 25.2 Å². The van der Waals surface area contributed by atoms with Crippen molar-refractivity contribution in [3.8, 4) is 0 Å². The molecule has 1 aliphatic carbocycles. The molecule has 28 heavy (non-hydrogen) atoms. The number of fused-ring (bicyclic) bond motifs is 1. The predicted molar refractivity (Wildman–Crippen MR) is 107 cm³/mol. The zero-order chi connectivity index (χ0) is 19.5. The number of hydrogen-bond donors (Lipinski definition) is 1. The Morgan fingerprint density at radius 2 is 2.04 bits per heavy atom. The van der Waals surface area contributed by atoms with Crippen LogP contribution in [0.1, 0.15) is 41.3 Å². The van der Waals surface area contributed by atoms with Gasteiger partial charge in [-0.25, -0.2) is 4.39 Å². The monoisotopic (exact) mass is 397 g/mol. The summed E-state index contributed by atoms with van der Waals surface area (Å²) in [6.45, 7) is 0.710. The molecule has 0 radical (unpaired) electrons. The fraction of sp³-hybridized carbons (Fsp3) is 0.273. The molecule has 6 heteroatoms. The van der Waals surface area contributed by atoms with E-state index in [1.807, 2.05) is 29.1 Å². The van der Waals surface area contributed by atoms with Crippen molar-refractivity contribution in [2.75, 3.05) is 0 Å². The SMILES string of the molecule is O=C(Cc1c(F)cccc1Cl)N[C@H]1CCCc2c1cnn2Cc1ccccc1. The Labute approximate surface area is 168 Å². The number of halogens is 2. The van der Waals surface area contributed by atoms with Gasteiger partial charge in [0.1, 0.15) is 5.82 Å². The Morgan fingerprint density at radius 1 is 1.21 bits per heavy atom. The molecule has 0 bridgehead atoms. The summed E-state index contributed by atoms with van der Waals surface area (Å²) in [7, 11) is 0. The molecule has 4 nitrogen and oxygen atoms in total. The maximum absolute atomic E-state index is 14.0. The van der Waals surface area contributed by atoms with Gasteiger partial charge < -0.3 is 5.32 Å². The van der Waals surface area contributed by atoms with Gasteiger partial charge >= 0.3 is 0 Å². The molecule has 1 N–H and O–H groups in total. The molecule has 1 heterocycles. The van der Waals surface area contributed by atoms with Crippen molar-refractivity contribution in [1.29, 1.82) is 0 Å². The van der Waals surface area contributed by atoms with Gasteiger partial charge in [0.2, 0.25) is 5.91 Å².